The summed E-state index contributed by atoms with van der Waals surface area (Å²) in [5, 5.41) is 2.33. The van der Waals surface area contributed by atoms with Gasteiger partial charge in [0, 0.05) is 10.8 Å². The molecular weight excluding hydrogens is 387 g/mol. The van der Waals surface area contributed by atoms with Gasteiger partial charge in [-0.25, -0.2) is 0 Å². The van der Waals surface area contributed by atoms with E-state index in [-0.39, 0.29) is 0 Å². The Morgan fingerprint density at radius 2 is 1.32 bits per heavy atom. The topological polar surface area (TPSA) is 18.5 Å². The predicted octanol–water partition coefficient (Wildman–Crippen LogP) is 5.95. The first kappa shape index (κ1) is 15.9. The largest absolute Gasteiger partial charge is 0.493 e. The average molecular weight is 410 g/mol. The zero-order chi connectivity index (χ0) is 15.2. The number of ether oxygens (including phenoxy) is 2. The van der Waals surface area contributed by atoms with Crippen molar-refractivity contribution in [2.45, 2.75) is 44.9 Å². The lowest BCUT2D eigenvalue weighted by Gasteiger charge is -2.15. The lowest BCUT2D eigenvalue weighted by molar-refractivity contribution is 0.304. The summed E-state index contributed by atoms with van der Waals surface area (Å²) in [5.74, 6) is 2.00. The quantitative estimate of drug-likeness (QED) is 0.500. The van der Waals surface area contributed by atoms with Crippen LogP contribution in [-0.4, -0.2) is 13.2 Å². The van der Waals surface area contributed by atoms with Gasteiger partial charge in [-0.15, -0.1) is 0 Å². The third-order valence-corrected chi connectivity index (χ3v) is 5.01. The van der Waals surface area contributed by atoms with Crippen molar-refractivity contribution in [3.8, 4) is 11.5 Å². The van der Waals surface area contributed by atoms with Crippen LogP contribution in [0, 0.1) is 3.57 Å². The zero-order valence-corrected chi connectivity index (χ0v) is 15.1. The van der Waals surface area contributed by atoms with E-state index in [1.54, 1.807) is 0 Å². The van der Waals surface area contributed by atoms with Crippen molar-refractivity contribution in [2.24, 2.45) is 0 Å². The fourth-order valence-corrected chi connectivity index (χ4v) is 3.72. The molecule has 0 aromatic heterocycles. The maximum Gasteiger partial charge on any atom is 0.140 e. The Labute approximate surface area is 146 Å². The molecule has 0 radical (unpaired) electrons. The molecule has 0 atom stereocenters. The van der Waals surface area contributed by atoms with Crippen LogP contribution in [0.15, 0.2) is 30.3 Å². The Hall–Kier alpha value is -0.970. The first-order chi connectivity index (χ1) is 10.9. The SMILES string of the molecule is Ic1cc2c3ccccc3c1OCCCCCCCCCO2. The molecule has 3 heteroatoms. The second kappa shape index (κ2) is 8.04. The lowest BCUT2D eigenvalue weighted by atomic mass is 10.1. The van der Waals surface area contributed by atoms with E-state index in [0.717, 1.165) is 46.5 Å². The van der Waals surface area contributed by atoms with E-state index in [0.29, 0.717) is 0 Å². The number of rotatable bonds is 0. The van der Waals surface area contributed by atoms with Gasteiger partial charge in [0.25, 0.3) is 0 Å². The van der Waals surface area contributed by atoms with E-state index < -0.39 is 0 Å². The van der Waals surface area contributed by atoms with Crippen molar-refractivity contribution < 1.29 is 9.47 Å². The van der Waals surface area contributed by atoms with Crippen molar-refractivity contribution in [1.29, 1.82) is 0 Å². The Morgan fingerprint density at radius 1 is 0.727 bits per heavy atom. The summed E-state index contributed by atoms with van der Waals surface area (Å²) in [5.41, 5.74) is 0. The van der Waals surface area contributed by atoms with Crippen molar-refractivity contribution in [3.63, 3.8) is 0 Å². The average Bonchev–Trinajstić information content (AvgIpc) is 2.55. The van der Waals surface area contributed by atoms with Gasteiger partial charge in [-0.3, -0.25) is 0 Å². The summed E-state index contributed by atoms with van der Waals surface area (Å²) in [6, 6.07) is 10.5. The molecule has 0 amide bonds. The molecule has 2 nitrogen and oxygen atoms in total. The normalized spacial score (nSPS) is 17.3. The van der Waals surface area contributed by atoms with Gasteiger partial charge in [0.15, 0.2) is 0 Å². The van der Waals surface area contributed by atoms with E-state index in [2.05, 4.69) is 52.9 Å². The van der Waals surface area contributed by atoms with E-state index in [4.69, 9.17) is 9.47 Å². The van der Waals surface area contributed by atoms with Crippen LogP contribution >= 0.6 is 22.6 Å². The molecule has 0 unspecified atom stereocenters. The molecule has 2 aromatic carbocycles. The highest BCUT2D eigenvalue weighted by Gasteiger charge is 2.13. The number of hydrogen-bond donors (Lipinski definition) is 0. The second-order valence-corrected chi connectivity index (χ2v) is 7.07. The third kappa shape index (κ3) is 3.86. The van der Waals surface area contributed by atoms with Gasteiger partial charge in [0.1, 0.15) is 11.5 Å². The Morgan fingerprint density at radius 3 is 2.05 bits per heavy atom. The van der Waals surface area contributed by atoms with Crippen LogP contribution < -0.4 is 9.47 Å². The minimum Gasteiger partial charge on any atom is -0.493 e. The second-order valence-electron chi connectivity index (χ2n) is 5.90. The molecule has 0 N–H and O–H groups in total. The van der Waals surface area contributed by atoms with Crippen LogP contribution in [0.5, 0.6) is 11.5 Å². The maximum atomic E-state index is 6.12. The van der Waals surface area contributed by atoms with Crippen molar-refractivity contribution >= 4 is 33.4 Å². The van der Waals surface area contributed by atoms with Gasteiger partial charge in [-0.2, -0.15) is 0 Å². The molecule has 1 heterocycles. The maximum absolute atomic E-state index is 6.12. The Kier molecular flexibility index (Phi) is 5.82. The molecule has 2 bridgehead atoms. The van der Waals surface area contributed by atoms with Gasteiger partial charge < -0.3 is 9.47 Å². The van der Waals surface area contributed by atoms with Gasteiger partial charge in [0.05, 0.1) is 16.8 Å². The van der Waals surface area contributed by atoms with Crippen LogP contribution in [0.1, 0.15) is 44.9 Å². The summed E-state index contributed by atoms with van der Waals surface area (Å²) in [6.45, 7) is 1.61. The first-order valence-corrected chi connectivity index (χ1v) is 9.41. The molecule has 2 aromatic rings. The first-order valence-electron chi connectivity index (χ1n) is 8.33. The number of hydrogen-bond acceptors (Lipinski definition) is 2. The van der Waals surface area contributed by atoms with Gasteiger partial charge >= 0.3 is 0 Å². The molecule has 0 fully saturated rings. The molecular formula is C19H23IO2. The number of benzene rings is 2. The highest BCUT2D eigenvalue weighted by molar-refractivity contribution is 14.1. The zero-order valence-electron chi connectivity index (χ0n) is 12.9. The van der Waals surface area contributed by atoms with E-state index in [9.17, 15) is 0 Å². The Balaban J connectivity index is 1.93. The number of halogens is 1. The summed E-state index contributed by atoms with van der Waals surface area (Å²) in [6.07, 6.45) is 8.79. The van der Waals surface area contributed by atoms with Crippen molar-refractivity contribution in [1.82, 2.24) is 0 Å². The summed E-state index contributed by atoms with van der Waals surface area (Å²) >= 11 is 2.36. The van der Waals surface area contributed by atoms with Gasteiger partial charge in [0.2, 0.25) is 0 Å². The van der Waals surface area contributed by atoms with Crippen LogP contribution in [0.25, 0.3) is 10.8 Å². The van der Waals surface area contributed by atoms with E-state index >= 15 is 0 Å². The fraction of sp³-hybridized carbons (Fsp3) is 0.474. The highest BCUT2D eigenvalue weighted by Crippen LogP contribution is 2.37. The van der Waals surface area contributed by atoms with Gasteiger partial charge in [-0.1, -0.05) is 56.4 Å². The summed E-state index contributed by atoms with van der Waals surface area (Å²) in [4.78, 5) is 0. The smallest absolute Gasteiger partial charge is 0.140 e. The highest BCUT2D eigenvalue weighted by atomic mass is 127. The Bertz CT molecular complexity index is 624. The molecule has 22 heavy (non-hydrogen) atoms. The van der Waals surface area contributed by atoms with Gasteiger partial charge in [-0.05, 0) is 41.5 Å². The standard InChI is InChI=1S/C19H23IO2/c20-17-14-18-15-10-6-7-11-16(15)19(17)22-13-9-5-3-1-2-4-8-12-21-18/h6-7,10-11,14H,1-5,8-9,12-13H2. The van der Waals surface area contributed by atoms with Crippen LogP contribution in [0.3, 0.4) is 0 Å². The molecule has 3 rings (SSSR count). The molecule has 0 saturated heterocycles. The fourth-order valence-electron chi connectivity index (χ4n) is 2.99. The van der Waals surface area contributed by atoms with Crippen LogP contribution in [0.2, 0.25) is 0 Å². The summed E-state index contributed by atoms with van der Waals surface area (Å²) < 4.78 is 13.3. The van der Waals surface area contributed by atoms with Crippen LogP contribution in [-0.2, 0) is 0 Å². The van der Waals surface area contributed by atoms with E-state index in [1.807, 2.05) is 0 Å². The lowest BCUT2D eigenvalue weighted by Crippen LogP contribution is -2.02. The minimum absolute atomic E-state index is 0.806. The summed E-state index contributed by atoms with van der Waals surface area (Å²) in [7, 11) is 0. The molecule has 0 spiro atoms. The monoisotopic (exact) mass is 410 g/mol. The molecule has 0 saturated carbocycles. The predicted molar refractivity (Wildman–Crippen MR) is 100.0 cm³/mol. The minimum atomic E-state index is 0.806. The molecule has 1 aliphatic heterocycles. The molecule has 1 aliphatic rings. The molecule has 118 valence electrons. The van der Waals surface area contributed by atoms with E-state index in [1.165, 1.54) is 37.5 Å². The van der Waals surface area contributed by atoms with Crippen LogP contribution in [0.4, 0.5) is 0 Å². The third-order valence-electron chi connectivity index (χ3n) is 4.20. The van der Waals surface area contributed by atoms with Crippen molar-refractivity contribution in [3.05, 3.63) is 33.9 Å². The van der Waals surface area contributed by atoms with Crippen molar-refractivity contribution in [2.75, 3.05) is 13.2 Å². The molecule has 0 aliphatic carbocycles.